The Bertz CT molecular complexity index is 676. The molecule has 0 aliphatic heterocycles. The summed E-state index contributed by atoms with van der Waals surface area (Å²) in [5.41, 5.74) is 1.02. The third-order valence-electron chi connectivity index (χ3n) is 2.47. The molecule has 0 radical (unpaired) electrons. The molecule has 1 N–H and O–H groups in total. The fraction of sp³-hybridized carbons (Fsp3) is 0. The molecule has 3 nitrogen and oxygen atoms in total. The maximum atomic E-state index is 11.9. The lowest BCUT2D eigenvalue weighted by Crippen LogP contribution is -2.09. The number of carbonyl (C=O) groups excluding carboxylic acids is 1. The summed E-state index contributed by atoms with van der Waals surface area (Å²) in [7, 11) is 0. The number of rotatable bonds is 3. The van der Waals surface area contributed by atoms with Gasteiger partial charge in [0.15, 0.2) is 10.3 Å². The summed E-state index contributed by atoms with van der Waals surface area (Å²) >= 11 is 23.5. The number of pyridine rings is 1. The quantitative estimate of drug-likeness (QED) is 0.591. The summed E-state index contributed by atoms with van der Waals surface area (Å²) in [4.78, 5) is 15.6. The van der Waals surface area contributed by atoms with E-state index >= 15 is 0 Å². The molecule has 1 heterocycles. The first kappa shape index (κ1) is 16.1. The van der Waals surface area contributed by atoms with E-state index in [2.05, 4.69) is 10.3 Å². The molecule has 2 aromatic rings. The van der Waals surface area contributed by atoms with Crippen LogP contribution in [0.2, 0.25) is 20.4 Å². The number of nitrogens with one attached hydrogen (secondary N) is 1. The molecule has 0 aliphatic carbocycles. The van der Waals surface area contributed by atoms with Gasteiger partial charge in [0.1, 0.15) is 10.0 Å². The van der Waals surface area contributed by atoms with Crippen molar-refractivity contribution in [1.82, 2.24) is 4.98 Å². The van der Waals surface area contributed by atoms with Gasteiger partial charge in [0.25, 0.3) is 0 Å². The molecule has 0 saturated heterocycles. The summed E-state index contributed by atoms with van der Waals surface area (Å²) in [6, 6.07) is 9.35. The lowest BCUT2D eigenvalue weighted by atomic mass is 10.2. The van der Waals surface area contributed by atoms with Crippen molar-refractivity contribution < 1.29 is 4.79 Å². The van der Waals surface area contributed by atoms with Gasteiger partial charge in [-0.25, -0.2) is 4.98 Å². The molecular weight excluding hydrogens is 354 g/mol. The second kappa shape index (κ2) is 7.14. The molecule has 2 rings (SSSR count). The summed E-state index contributed by atoms with van der Waals surface area (Å²) in [6.45, 7) is 0. The van der Waals surface area contributed by atoms with Gasteiger partial charge < -0.3 is 5.32 Å². The molecule has 108 valence electrons. The Morgan fingerprint density at radius 3 is 2.14 bits per heavy atom. The van der Waals surface area contributed by atoms with Crippen LogP contribution in [-0.4, -0.2) is 10.9 Å². The van der Waals surface area contributed by atoms with Crippen molar-refractivity contribution in [2.45, 2.75) is 0 Å². The lowest BCUT2D eigenvalue weighted by Gasteiger charge is -2.09. The molecule has 0 atom stereocenters. The monoisotopic (exact) mass is 360 g/mol. The van der Waals surface area contributed by atoms with E-state index < -0.39 is 5.91 Å². The number of anilines is 1. The van der Waals surface area contributed by atoms with Crippen molar-refractivity contribution >= 4 is 64.1 Å². The van der Waals surface area contributed by atoms with Gasteiger partial charge >= 0.3 is 0 Å². The minimum Gasteiger partial charge on any atom is -0.320 e. The minimum absolute atomic E-state index is 0.0339. The molecule has 1 amide bonds. The molecule has 0 saturated carbocycles. The summed E-state index contributed by atoms with van der Waals surface area (Å²) in [5.74, 6) is -0.416. The van der Waals surface area contributed by atoms with E-state index in [1.54, 1.807) is 6.08 Å². The lowest BCUT2D eigenvalue weighted by molar-refractivity contribution is -0.111. The topological polar surface area (TPSA) is 42.0 Å². The first-order valence-corrected chi connectivity index (χ1v) is 7.24. The predicted molar refractivity (Wildman–Crippen MR) is 88.4 cm³/mol. The van der Waals surface area contributed by atoms with E-state index in [9.17, 15) is 4.79 Å². The number of hydrogen-bond acceptors (Lipinski definition) is 2. The highest BCUT2D eigenvalue weighted by atomic mass is 35.5. The van der Waals surface area contributed by atoms with Crippen molar-refractivity contribution in [2.24, 2.45) is 0 Å². The van der Waals surface area contributed by atoms with Crippen molar-refractivity contribution in [2.75, 3.05) is 5.32 Å². The molecule has 1 aromatic carbocycles. The van der Waals surface area contributed by atoms with Gasteiger partial charge in [-0.2, -0.15) is 0 Å². The van der Waals surface area contributed by atoms with E-state index in [-0.39, 0.29) is 26.0 Å². The van der Waals surface area contributed by atoms with Crippen LogP contribution in [0.4, 0.5) is 5.69 Å². The van der Waals surface area contributed by atoms with Crippen LogP contribution in [0.1, 0.15) is 5.56 Å². The van der Waals surface area contributed by atoms with Crippen molar-refractivity contribution in [3.8, 4) is 0 Å². The Morgan fingerprint density at radius 1 is 1.00 bits per heavy atom. The van der Waals surface area contributed by atoms with Crippen molar-refractivity contribution in [3.05, 3.63) is 62.3 Å². The predicted octanol–water partition coefficient (Wildman–Crippen LogP) is 5.35. The molecule has 7 heteroatoms. The van der Waals surface area contributed by atoms with Gasteiger partial charge in [-0.1, -0.05) is 76.7 Å². The number of benzene rings is 1. The standard InChI is InChI=1S/C14H8Cl4N2O/c15-10-12(11(16)14(18)20-13(10)17)19-9(21)7-6-8-4-2-1-3-5-8/h1-7H,(H,19,20,21)/b7-6+. The Labute approximate surface area is 141 Å². The summed E-state index contributed by atoms with van der Waals surface area (Å²) in [6.07, 6.45) is 3.01. The average molecular weight is 362 g/mol. The third kappa shape index (κ3) is 4.11. The van der Waals surface area contributed by atoms with Crippen molar-refractivity contribution in [3.63, 3.8) is 0 Å². The van der Waals surface area contributed by atoms with Crippen LogP contribution in [-0.2, 0) is 4.79 Å². The van der Waals surface area contributed by atoms with Crippen LogP contribution in [0.15, 0.2) is 36.4 Å². The SMILES string of the molecule is O=C(/C=C/c1ccccc1)Nc1c(Cl)c(Cl)nc(Cl)c1Cl. The summed E-state index contributed by atoms with van der Waals surface area (Å²) < 4.78 is 0. The van der Waals surface area contributed by atoms with E-state index in [1.807, 2.05) is 30.3 Å². The molecule has 0 fully saturated rings. The van der Waals surface area contributed by atoms with Crippen LogP contribution in [0.25, 0.3) is 6.08 Å². The first-order valence-electron chi connectivity index (χ1n) is 5.73. The molecule has 0 bridgehead atoms. The fourth-order valence-electron chi connectivity index (χ4n) is 1.50. The van der Waals surface area contributed by atoms with E-state index in [0.717, 1.165) is 5.56 Å². The largest absolute Gasteiger partial charge is 0.320 e. The van der Waals surface area contributed by atoms with Gasteiger partial charge in [-0.05, 0) is 11.6 Å². The molecule has 0 spiro atoms. The van der Waals surface area contributed by atoms with Gasteiger partial charge in [-0.15, -0.1) is 0 Å². The maximum Gasteiger partial charge on any atom is 0.248 e. The van der Waals surface area contributed by atoms with E-state index in [1.165, 1.54) is 6.08 Å². The normalized spacial score (nSPS) is 10.9. The number of nitrogens with zero attached hydrogens (tertiary/aromatic N) is 1. The zero-order chi connectivity index (χ0) is 15.4. The second-order valence-corrected chi connectivity index (χ2v) is 5.40. The zero-order valence-corrected chi connectivity index (χ0v) is 13.4. The highest BCUT2D eigenvalue weighted by Gasteiger charge is 2.16. The van der Waals surface area contributed by atoms with Crippen LogP contribution in [0, 0.1) is 0 Å². The highest BCUT2D eigenvalue weighted by molar-refractivity contribution is 6.49. The highest BCUT2D eigenvalue weighted by Crippen LogP contribution is 2.38. The molecule has 0 unspecified atom stereocenters. The van der Waals surface area contributed by atoms with E-state index in [0.29, 0.717) is 0 Å². The van der Waals surface area contributed by atoms with Crippen LogP contribution < -0.4 is 5.32 Å². The zero-order valence-electron chi connectivity index (χ0n) is 10.4. The molecule has 1 aromatic heterocycles. The Kier molecular flexibility index (Phi) is 5.48. The van der Waals surface area contributed by atoms with Gasteiger partial charge in [0, 0.05) is 6.08 Å². The number of carbonyl (C=O) groups is 1. The van der Waals surface area contributed by atoms with Crippen LogP contribution in [0.3, 0.4) is 0 Å². The number of aromatic nitrogens is 1. The molecular formula is C14H8Cl4N2O. The molecule has 21 heavy (non-hydrogen) atoms. The van der Waals surface area contributed by atoms with Gasteiger partial charge in [0.05, 0.1) is 5.69 Å². The smallest absolute Gasteiger partial charge is 0.248 e. The number of amides is 1. The number of halogens is 4. The molecule has 0 aliphatic rings. The van der Waals surface area contributed by atoms with Gasteiger partial charge in [-0.3, -0.25) is 4.79 Å². The summed E-state index contributed by atoms with van der Waals surface area (Å²) in [5, 5.41) is 2.53. The first-order chi connectivity index (χ1) is 9.99. The minimum atomic E-state index is -0.416. The second-order valence-electron chi connectivity index (χ2n) is 3.93. The third-order valence-corrected chi connectivity index (χ3v) is 3.95. The van der Waals surface area contributed by atoms with E-state index in [4.69, 9.17) is 46.4 Å². The van der Waals surface area contributed by atoms with Crippen LogP contribution >= 0.6 is 46.4 Å². The van der Waals surface area contributed by atoms with Crippen LogP contribution in [0.5, 0.6) is 0 Å². The number of hydrogen-bond donors (Lipinski definition) is 1. The van der Waals surface area contributed by atoms with Gasteiger partial charge in [0.2, 0.25) is 5.91 Å². The Balaban J connectivity index is 2.19. The van der Waals surface area contributed by atoms with Crippen molar-refractivity contribution in [1.29, 1.82) is 0 Å². The Morgan fingerprint density at radius 2 is 1.57 bits per heavy atom. The maximum absolute atomic E-state index is 11.9. The average Bonchev–Trinajstić information content (AvgIpc) is 2.48. The fourth-order valence-corrected chi connectivity index (χ4v) is 2.32. The Hall–Kier alpha value is -1.26.